The number of aliphatic hydroxyl groups is 3. The molecule has 2 fully saturated rings. The van der Waals surface area contributed by atoms with Crippen molar-refractivity contribution in [1.29, 1.82) is 0 Å². The van der Waals surface area contributed by atoms with E-state index in [4.69, 9.17) is 9.47 Å². The molecule has 2 saturated heterocycles. The Balaban J connectivity index is 1.65. The van der Waals surface area contributed by atoms with E-state index in [1.54, 1.807) is 0 Å². The van der Waals surface area contributed by atoms with Gasteiger partial charge in [-0.2, -0.15) is 0 Å². The quantitative estimate of drug-likeness (QED) is 0.533. The molecule has 5 atom stereocenters. The van der Waals surface area contributed by atoms with Crippen LogP contribution in [0.5, 0.6) is 0 Å². The van der Waals surface area contributed by atoms with Crippen LogP contribution in [0, 0.1) is 0 Å². The SMILES string of the molecule is OC[C@H]1O[C@@H](n2cnc3c(N[C@@H]4CCOC4)ncnc32)[C@@H](O)[C@H]1O. The van der Waals surface area contributed by atoms with Gasteiger partial charge < -0.3 is 30.1 Å². The predicted molar refractivity (Wildman–Crippen MR) is 81.2 cm³/mol. The van der Waals surface area contributed by atoms with Crippen LogP contribution in [-0.2, 0) is 9.47 Å². The van der Waals surface area contributed by atoms with Gasteiger partial charge in [0.2, 0.25) is 0 Å². The Morgan fingerprint density at radius 1 is 1.25 bits per heavy atom. The molecule has 0 saturated carbocycles. The van der Waals surface area contributed by atoms with Crippen LogP contribution >= 0.6 is 0 Å². The van der Waals surface area contributed by atoms with Crippen molar-refractivity contribution in [1.82, 2.24) is 19.5 Å². The van der Waals surface area contributed by atoms with Gasteiger partial charge in [-0.25, -0.2) is 15.0 Å². The number of hydrogen-bond acceptors (Lipinski definition) is 9. The smallest absolute Gasteiger partial charge is 0.167 e. The maximum absolute atomic E-state index is 10.2. The van der Waals surface area contributed by atoms with E-state index in [2.05, 4.69) is 20.3 Å². The summed E-state index contributed by atoms with van der Waals surface area (Å²) < 4.78 is 12.4. The molecule has 0 amide bonds. The molecule has 2 aliphatic heterocycles. The molecule has 0 unspecified atom stereocenters. The second-order valence-electron chi connectivity index (χ2n) is 5.98. The summed E-state index contributed by atoms with van der Waals surface area (Å²) in [5, 5.41) is 32.6. The summed E-state index contributed by atoms with van der Waals surface area (Å²) in [5.74, 6) is 0.584. The number of aromatic nitrogens is 4. The highest BCUT2D eigenvalue weighted by Gasteiger charge is 2.44. The van der Waals surface area contributed by atoms with Crippen molar-refractivity contribution in [2.75, 3.05) is 25.1 Å². The number of aliphatic hydroxyl groups excluding tert-OH is 3. The van der Waals surface area contributed by atoms with Crippen LogP contribution in [0.4, 0.5) is 5.82 Å². The third-order valence-electron chi connectivity index (χ3n) is 4.42. The van der Waals surface area contributed by atoms with E-state index in [1.165, 1.54) is 17.2 Å². The van der Waals surface area contributed by atoms with Gasteiger partial charge in [0, 0.05) is 6.61 Å². The standard InChI is InChI=1S/C14H19N5O5/c20-3-8-10(21)11(22)14(24-8)19-6-17-9-12(15-5-16-13(9)19)18-7-1-2-23-4-7/h5-8,10-11,14,20-22H,1-4H2,(H,15,16,18)/t7-,8-,10+,11+,14-/m1/s1. The van der Waals surface area contributed by atoms with E-state index in [1.807, 2.05) is 0 Å². The van der Waals surface area contributed by atoms with Crippen LogP contribution < -0.4 is 5.32 Å². The second-order valence-corrected chi connectivity index (χ2v) is 5.98. The van der Waals surface area contributed by atoms with Crippen LogP contribution in [0.25, 0.3) is 11.2 Å². The predicted octanol–water partition coefficient (Wildman–Crippen LogP) is -1.36. The molecule has 4 heterocycles. The second kappa shape index (κ2) is 6.22. The molecule has 4 rings (SSSR count). The Morgan fingerprint density at radius 3 is 2.83 bits per heavy atom. The molecule has 0 aromatic carbocycles. The van der Waals surface area contributed by atoms with E-state index < -0.39 is 24.5 Å². The van der Waals surface area contributed by atoms with Gasteiger partial charge >= 0.3 is 0 Å². The van der Waals surface area contributed by atoms with Crippen LogP contribution in [0.3, 0.4) is 0 Å². The highest BCUT2D eigenvalue weighted by Crippen LogP contribution is 2.32. The number of hydrogen-bond donors (Lipinski definition) is 4. The third kappa shape index (κ3) is 2.52. The van der Waals surface area contributed by atoms with E-state index in [9.17, 15) is 15.3 Å². The minimum atomic E-state index is -1.19. The van der Waals surface area contributed by atoms with Gasteiger partial charge in [-0.3, -0.25) is 4.57 Å². The molecular formula is C14H19N5O5. The summed E-state index contributed by atoms with van der Waals surface area (Å²) in [7, 11) is 0. The monoisotopic (exact) mass is 337 g/mol. The summed E-state index contributed by atoms with van der Waals surface area (Å²) >= 11 is 0. The first-order valence-electron chi connectivity index (χ1n) is 7.83. The molecule has 0 bridgehead atoms. The van der Waals surface area contributed by atoms with Crippen molar-refractivity contribution in [3.05, 3.63) is 12.7 Å². The number of fused-ring (bicyclic) bond motifs is 1. The molecule has 24 heavy (non-hydrogen) atoms. The molecule has 0 radical (unpaired) electrons. The van der Waals surface area contributed by atoms with Gasteiger partial charge in [0.25, 0.3) is 0 Å². The summed E-state index contributed by atoms with van der Waals surface area (Å²) in [4.78, 5) is 12.8. The summed E-state index contributed by atoms with van der Waals surface area (Å²) in [6.45, 7) is 0.939. The highest BCUT2D eigenvalue weighted by molar-refractivity contribution is 5.82. The maximum Gasteiger partial charge on any atom is 0.167 e. The van der Waals surface area contributed by atoms with Crippen molar-refractivity contribution < 1.29 is 24.8 Å². The molecule has 10 nitrogen and oxygen atoms in total. The van der Waals surface area contributed by atoms with Gasteiger partial charge in [0.05, 0.1) is 25.6 Å². The Hall–Kier alpha value is -1.85. The van der Waals surface area contributed by atoms with Gasteiger partial charge in [-0.1, -0.05) is 0 Å². The van der Waals surface area contributed by atoms with Crippen molar-refractivity contribution in [2.45, 2.75) is 37.0 Å². The molecule has 0 spiro atoms. The largest absolute Gasteiger partial charge is 0.394 e. The lowest BCUT2D eigenvalue weighted by Crippen LogP contribution is -2.33. The first-order valence-corrected chi connectivity index (χ1v) is 7.83. The van der Waals surface area contributed by atoms with Gasteiger partial charge in [-0.05, 0) is 6.42 Å². The van der Waals surface area contributed by atoms with E-state index >= 15 is 0 Å². The minimum Gasteiger partial charge on any atom is -0.394 e. The zero-order chi connectivity index (χ0) is 16.7. The zero-order valence-electron chi connectivity index (χ0n) is 12.8. The molecular weight excluding hydrogens is 318 g/mol. The normalized spacial score (nSPS) is 33.4. The lowest BCUT2D eigenvalue weighted by atomic mass is 10.1. The Kier molecular flexibility index (Phi) is 4.06. The molecule has 2 aromatic heterocycles. The highest BCUT2D eigenvalue weighted by atomic mass is 16.6. The van der Waals surface area contributed by atoms with Crippen molar-refractivity contribution in [3.63, 3.8) is 0 Å². The molecule has 2 aliphatic rings. The number of nitrogens with one attached hydrogen (secondary N) is 1. The third-order valence-corrected chi connectivity index (χ3v) is 4.42. The first kappa shape index (κ1) is 15.7. The van der Waals surface area contributed by atoms with Crippen molar-refractivity contribution in [3.8, 4) is 0 Å². The van der Waals surface area contributed by atoms with Crippen molar-refractivity contribution >= 4 is 17.0 Å². The number of anilines is 1. The Labute approximate surface area is 137 Å². The zero-order valence-corrected chi connectivity index (χ0v) is 12.8. The summed E-state index contributed by atoms with van der Waals surface area (Å²) in [6.07, 6.45) is -0.310. The summed E-state index contributed by atoms with van der Waals surface area (Å²) in [6, 6.07) is 0.169. The average molecular weight is 337 g/mol. The fraction of sp³-hybridized carbons (Fsp3) is 0.643. The Morgan fingerprint density at radius 2 is 2.12 bits per heavy atom. The van der Waals surface area contributed by atoms with Crippen LogP contribution in [0.2, 0.25) is 0 Å². The van der Waals surface area contributed by atoms with E-state index in [-0.39, 0.29) is 12.6 Å². The van der Waals surface area contributed by atoms with Gasteiger partial charge in [0.15, 0.2) is 23.2 Å². The first-order chi connectivity index (χ1) is 11.7. The average Bonchev–Trinajstić information content (AvgIpc) is 3.30. The van der Waals surface area contributed by atoms with E-state index in [0.29, 0.717) is 30.2 Å². The number of rotatable bonds is 4. The number of nitrogens with zero attached hydrogens (tertiary/aromatic N) is 4. The Bertz CT molecular complexity index is 719. The summed E-state index contributed by atoms with van der Waals surface area (Å²) in [5.41, 5.74) is 1.02. The molecule has 10 heteroatoms. The topological polar surface area (TPSA) is 135 Å². The lowest BCUT2D eigenvalue weighted by Gasteiger charge is -2.16. The molecule has 2 aromatic rings. The van der Waals surface area contributed by atoms with E-state index in [0.717, 1.165) is 6.42 Å². The fourth-order valence-corrected chi connectivity index (χ4v) is 3.10. The number of imidazole rings is 1. The fourth-order valence-electron chi connectivity index (χ4n) is 3.10. The number of ether oxygens (including phenoxy) is 2. The molecule has 0 aliphatic carbocycles. The van der Waals surface area contributed by atoms with Gasteiger partial charge in [-0.15, -0.1) is 0 Å². The van der Waals surface area contributed by atoms with Crippen LogP contribution in [0.1, 0.15) is 12.6 Å². The minimum absolute atomic E-state index is 0.169. The molecule has 4 N–H and O–H groups in total. The van der Waals surface area contributed by atoms with Crippen LogP contribution in [0.15, 0.2) is 12.7 Å². The van der Waals surface area contributed by atoms with Crippen molar-refractivity contribution in [2.24, 2.45) is 0 Å². The molecule has 130 valence electrons. The van der Waals surface area contributed by atoms with Gasteiger partial charge in [0.1, 0.15) is 24.6 Å². The lowest BCUT2D eigenvalue weighted by molar-refractivity contribution is -0.0511. The maximum atomic E-state index is 10.2. The van der Waals surface area contributed by atoms with Crippen LogP contribution in [-0.4, -0.2) is 79.0 Å².